The third-order valence-corrected chi connectivity index (χ3v) is 2.41. The molecule has 2 heterocycles. The van der Waals surface area contributed by atoms with Crippen molar-refractivity contribution in [3.63, 3.8) is 0 Å². The van der Waals surface area contributed by atoms with E-state index in [2.05, 4.69) is 38.0 Å². The molecule has 0 radical (unpaired) electrons. The average Bonchev–Trinajstić information content (AvgIpc) is 2.89. The molecule has 92 valence electrons. The molecule has 0 aliphatic rings. The Labute approximate surface area is 98.6 Å². The second-order valence-electron chi connectivity index (χ2n) is 3.75. The van der Waals surface area contributed by atoms with Crippen LogP contribution in [0.5, 0.6) is 0 Å². The highest BCUT2D eigenvalue weighted by Crippen LogP contribution is 2.22. The van der Waals surface area contributed by atoms with Gasteiger partial charge in [0.1, 0.15) is 5.82 Å². The quantitative estimate of drug-likeness (QED) is 0.689. The van der Waals surface area contributed by atoms with Crippen LogP contribution < -0.4 is 11.1 Å². The maximum atomic E-state index is 5.96. The van der Waals surface area contributed by atoms with Crippen LogP contribution in [-0.2, 0) is 13.1 Å². The van der Waals surface area contributed by atoms with Gasteiger partial charge in [0.15, 0.2) is 5.82 Å². The normalized spacial score (nSPS) is 10.7. The van der Waals surface area contributed by atoms with Crippen molar-refractivity contribution in [1.29, 1.82) is 0 Å². The summed E-state index contributed by atoms with van der Waals surface area (Å²) in [7, 11) is 0. The Hall–Kier alpha value is -2.12. The smallest absolute Gasteiger partial charge is 0.193 e. The van der Waals surface area contributed by atoms with Gasteiger partial charge in [-0.2, -0.15) is 10.3 Å². The van der Waals surface area contributed by atoms with Crippen LogP contribution in [0.1, 0.15) is 24.9 Å². The van der Waals surface area contributed by atoms with Crippen LogP contribution in [0, 0.1) is 6.92 Å². The predicted octanol–water partition coefficient (Wildman–Crippen LogP) is 0.309. The molecule has 0 spiro atoms. The first-order chi connectivity index (χ1) is 8.22. The number of rotatable bonds is 5. The lowest BCUT2D eigenvalue weighted by Gasteiger charge is -2.07. The number of hydrogen-bond donors (Lipinski definition) is 3. The van der Waals surface area contributed by atoms with Gasteiger partial charge in [-0.1, -0.05) is 12.1 Å². The highest BCUT2D eigenvalue weighted by atomic mass is 15.5. The maximum absolute atomic E-state index is 5.96. The van der Waals surface area contributed by atoms with Crippen molar-refractivity contribution in [2.45, 2.75) is 33.4 Å². The molecule has 2 aromatic rings. The van der Waals surface area contributed by atoms with Crippen LogP contribution in [-0.4, -0.2) is 30.4 Å². The average molecular weight is 236 g/mol. The third kappa shape index (κ3) is 2.35. The number of aromatic amines is 1. The minimum atomic E-state index is 0.468. The zero-order valence-electron chi connectivity index (χ0n) is 9.93. The summed E-state index contributed by atoms with van der Waals surface area (Å²) in [6, 6.07) is 0. The number of hydrogen-bond acceptors (Lipinski definition) is 6. The highest BCUT2D eigenvalue weighted by molar-refractivity contribution is 5.64. The Bertz CT molecular complexity index is 471. The minimum absolute atomic E-state index is 0.468. The van der Waals surface area contributed by atoms with Crippen LogP contribution in [0.3, 0.4) is 0 Å². The molecule has 0 aliphatic carbocycles. The molecule has 0 aliphatic heterocycles. The topological polar surface area (TPSA) is 110 Å². The van der Waals surface area contributed by atoms with Crippen molar-refractivity contribution < 1.29 is 0 Å². The molecule has 8 nitrogen and oxygen atoms in total. The van der Waals surface area contributed by atoms with Crippen LogP contribution in [0.2, 0.25) is 0 Å². The fourth-order valence-corrected chi connectivity index (χ4v) is 1.58. The number of tetrazole rings is 1. The number of H-pyrrole nitrogens is 1. The van der Waals surface area contributed by atoms with Crippen molar-refractivity contribution in [3.05, 3.63) is 11.5 Å². The summed E-state index contributed by atoms with van der Waals surface area (Å²) in [4.78, 5) is 0. The molecule has 17 heavy (non-hydrogen) atoms. The molecular weight excluding hydrogens is 220 g/mol. The number of nitrogens with two attached hydrogens (primary N) is 1. The first-order valence-electron chi connectivity index (χ1n) is 5.51. The lowest BCUT2D eigenvalue weighted by Crippen LogP contribution is -2.10. The summed E-state index contributed by atoms with van der Waals surface area (Å²) in [5, 5.41) is 21.2. The first kappa shape index (κ1) is 11.4. The lowest BCUT2D eigenvalue weighted by atomic mass is 10.4. The van der Waals surface area contributed by atoms with Gasteiger partial charge in [-0.25, -0.2) is 4.68 Å². The number of aryl methyl sites for hydroxylation is 2. The largest absolute Gasteiger partial charge is 0.394 e. The highest BCUT2D eigenvalue weighted by Gasteiger charge is 2.12. The minimum Gasteiger partial charge on any atom is -0.394 e. The monoisotopic (exact) mass is 236 g/mol. The molecule has 0 saturated heterocycles. The van der Waals surface area contributed by atoms with E-state index >= 15 is 0 Å². The second-order valence-corrected chi connectivity index (χ2v) is 3.75. The molecule has 0 unspecified atom stereocenters. The standard InChI is InChI=1S/C9H16N8/c1-3-4-17-9(8(10)6(2)14-17)11-5-7-12-15-16-13-7/h11H,3-5,10H2,1-2H3,(H,12,13,15,16). The van der Waals surface area contributed by atoms with E-state index in [0.717, 1.165) is 24.5 Å². The Morgan fingerprint density at radius 2 is 2.29 bits per heavy atom. The second kappa shape index (κ2) is 4.81. The van der Waals surface area contributed by atoms with Gasteiger partial charge in [-0.05, 0) is 13.3 Å². The molecule has 0 bridgehead atoms. The fraction of sp³-hybridized carbons (Fsp3) is 0.556. The molecule has 0 aromatic carbocycles. The molecule has 2 rings (SSSR count). The molecule has 0 saturated carbocycles. The number of nitrogen functional groups attached to an aromatic ring is 1. The van der Waals surface area contributed by atoms with Crippen molar-refractivity contribution in [2.75, 3.05) is 11.1 Å². The maximum Gasteiger partial charge on any atom is 0.193 e. The summed E-state index contributed by atoms with van der Waals surface area (Å²) in [6.45, 7) is 5.28. The number of nitrogens with zero attached hydrogens (tertiary/aromatic N) is 5. The fourth-order valence-electron chi connectivity index (χ4n) is 1.58. The van der Waals surface area contributed by atoms with E-state index in [9.17, 15) is 0 Å². The van der Waals surface area contributed by atoms with E-state index in [1.165, 1.54) is 0 Å². The van der Waals surface area contributed by atoms with Gasteiger partial charge < -0.3 is 11.1 Å². The Morgan fingerprint density at radius 1 is 1.47 bits per heavy atom. The van der Waals surface area contributed by atoms with Gasteiger partial charge in [-0.3, -0.25) is 0 Å². The van der Waals surface area contributed by atoms with Crippen molar-refractivity contribution >= 4 is 11.5 Å². The van der Waals surface area contributed by atoms with E-state index in [-0.39, 0.29) is 0 Å². The number of anilines is 2. The Kier molecular flexibility index (Phi) is 3.22. The van der Waals surface area contributed by atoms with Crippen LogP contribution in [0.25, 0.3) is 0 Å². The van der Waals surface area contributed by atoms with Crippen LogP contribution in [0.15, 0.2) is 0 Å². The van der Waals surface area contributed by atoms with Gasteiger partial charge in [0.05, 0.1) is 17.9 Å². The molecule has 0 fully saturated rings. The van der Waals surface area contributed by atoms with Gasteiger partial charge in [-0.15, -0.1) is 10.2 Å². The Balaban J connectivity index is 2.13. The molecule has 0 atom stereocenters. The van der Waals surface area contributed by atoms with Crippen LogP contribution >= 0.6 is 0 Å². The first-order valence-corrected chi connectivity index (χ1v) is 5.51. The summed E-state index contributed by atoms with van der Waals surface area (Å²) in [5.41, 5.74) is 7.46. The summed E-state index contributed by atoms with van der Waals surface area (Å²) in [5.74, 6) is 1.40. The van der Waals surface area contributed by atoms with Crippen molar-refractivity contribution in [1.82, 2.24) is 30.4 Å². The number of aromatic nitrogens is 6. The van der Waals surface area contributed by atoms with E-state index < -0.39 is 0 Å². The third-order valence-electron chi connectivity index (χ3n) is 2.41. The molecule has 0 amide bonds. The van der Waals surface area contributed by atoms with E-state index in [4.69, 9.17) is 5.73 Å². The zero-order valence-corrected chi connectivity index (χ0v) is 9.93. The summed E-state index contributed by atoms with van der Waals surface area (Å²) >= 11 is 0. The Morgan fingerprint density at radius 3 is 2.94 bits per heavy atom. The summed E-state index contributed by atoms with van der Waals surface area (Å²) in [6.07, 6.45) is 0.997. The molecule has 2 aromatic heterocycles. The summed E-state index contributed by atoms with van der Waals surface area (Å²) < 4.78 is 1.87. The van der Waals surface area contributed by atoms with Gasteiger partial charge in [0.2, 0.25) is 0 Å². The SMILES string of the molecule is CCCn1nc(C)c(N)c1NCc1nn[nH]n1. The molecule has 4 N–H and O–H groups in total. The van der Waals surface area contributed by atoms with Gasteiger partial charge in [0.25, 0.3) is 0 Å². The van der Waals surface area contributed by atoms with E-state index in [0.29, 0.717) is 18.1 Å². The van der Waals surface area contributed by atoms with Crippen molar-refractivity contribution in [2.24, 2.45) is 0 Å². The van der Waals surface area contributed by atoms with Crippen LogP contribution in [0.4, 0.5) is 11.5 Å². The van der Waals surface area contributed by atoms with Gasteiger partial charge >= 0.3 is 0 Å². The zero-order chi connectivity index (χ0) is 12.3. The van der Waals surface area contributed by atoms with Crippen molar-refractivity contribution in [3.8, 4) is 0 Å². The molecule has 8 heteroatoms. The van der Waals surface area contributed by atoms with Gasteiger partial charge in [0, 0.05) is 6.54 Å². The van der Waals surface area contributed by atoms with E-state index in [1.54, 1.807) is 0 Å². The predicted molar refractivity (Wildman–Crippen MR) is 63.2 cm³/mol. The van der Waals surface area contributed by atoms with E-state index in [1.807, 2.05) is 11.6 Å². The lowest BCUT2D eigenvalue weighted by molar-refractivity contribution is 0.602. The molecular formula is C9H16N8. The number of nitrogens with one attached hydrogen (secondary N) is 2.